The van der Waals surface area contributed by atoms with Gasteiger partial charge in [0.1, 0.15) is 11.7 Å². The van der Waals surface area contributed by atoms with Gasteiger partial charge in [-0.1, -0.05) is 36.4 Å². The Morgan fingerprint density at radius 3 is 2.54 bits per heavy atom. The summed E-state index contributed by atoms with van der Waals surface area (Å²) in [5.41, 5.74) is 1.84. The lowest BCUT2D eigenvalue weighted by Crippen LogP contribution is -2.44. The average Bonchev–Trinajstić information content (AvgIpc) is 3.25. The van der Waals surface area contributed by atoms with Crippen molar-refractivity contribution < 1.29 is 19.5 Å². The van der Waals surface area contributed by atoms with Crippen molar-refractivity contribution in [2.75, 3.05) is 11.4 Å². The summed E-state index contributed by atoms with van der Waals surface area (Å²) in [6.45, 7) is 0.243. The highest BCUT2D eigenvalue weighted by molar-refractivity contribution is 6.05. The molecule has 1 saturated heterocycles. The van der Waals surface area contributed by atoms with E-state index in [1.165, 1.54) is 4.90 Å². The smallest absolute Gasteiger partial charge is 0.303 e. The van der Waals surface area contributed by atoms with E-state index in [0.717, 1.165) is 10.9 Å². The van der Waals surface area contributed by atoms with E-state index in [0.29, 0.717) is 11.4 Å². The van der Waals surface area contributed by atoms with Gasteiger partial charge in [0.2, 0.25) is 5.91 Å². The number of amides is 2. The molecule has 4 rings (SSSR count). The van der Waals surface area contributed by atoms with Crippen LogP contribution in [0.3, 0.4) is 0 Å². The van der Waals surface area contributed by atoms with Crippen molar-refractivity contribution in [1.29, 1.82) is 0 Å². The van der Waals surface area contributed by atoms with Gasteiger partial charge in [-0.2, -0.15) is 0 Å². The molecule has 28 heavy (non-hydrogen) atoms. The second kappa shape index (κ2) is 7.19. The zero-order valence-corrected chi connectivity index (χ0v) is 15.0. The third-order valence-corrected chi connectivity index (χ3v) is 4.99. The summed E-state index contributed by atoms with van der Waals surface area (Å²) < 4.78 is 0. The summed E-state index contributed by atoms with van der Waals surface area (Å²) in [5.74, 6) is -2.25. The van der Waals surface area contributed by atoms with Gasteiger partial charge in [0.15, 0.2) is 0 Å². The number of carbonyl (C=O) groups excluding carboxylic acids is 2. The lowest BCUT2D eigenvalue weighted by atomic mass is 9.99. The fourth-order valence-corrected chi connectivity index (χ4v) is 3.64. The highest BCUT2D eigenvalue weighted by Gasteiger charge is 2.43. The van der Waals surface area contributed by atoms with Crippen LogP contribution in [-0.4, -0.2) is 40.5 Å². The number of aliphatic carboxylic acids is 1. The van der Waals surface area contributed by atoms with Crippen LogP contribution in [0, 0.1) is 5.92 Å². The maximum atomic E-state index is 12.9. The van der Waals surface area contributed by atoms with Crippen molar-refractivity contribution >= 4 is 34.4 Å². The Bertz CT molecular complexity index is 1010. The molecule has 3 aromatic rings. The topological polar surface area (TPSA) is 102 Å². The van der Waals surface area contributed by atoms with Crippen molar-refractivity contribution in [3.05, 3.63) is 66.4 Å². The van der Waals surface area contributed by atoms with Gasteiger partial charge >= 0.3 is 5.97 Å². The number of benzene rings is 2. The van der Waals surface area contributed by atoms with Gasteiger partial charge in [0.25, 0.3) is 5.91 Å². The van der Waals surface area contributed by atoms with Gasteiger partial charge < -0.3 is 20.3 Å². The molecule has 1 fully saturated rings. The first-order chi connectivity index (χ1) is 13.5. The Kier molecular flexibility index (Phi) is 4.57. The molecule has 2 amide bonds. The summed E-state index contributed by atoms with van der Waals surface area (Å²) in [6.07, 6.45) is -0.202. The number of rotatable bonds is 5. The first-order valence-electron chi connectivity index (χ1n) is 9.00. The normalized spacial score (nSPS) is 19.1. The number of aromatic nitrogens is 1. The monoisotopic (exact) mass is 377 g/mol. The number of H-pyrrole nitrogens is 1. The highest BCUT2D eigenvalue weighted by Crippen LogP contribution is 2.27. The van der Waals surface area contributed by atoms with Crippen molar-refractivity contribution in [3.8, 4) is 0 Å². The molecule has 1 aromatic heterocycles. The van der Waals surface area contributed by atoms with Crippen LogP contribution in [0.25, 0.3) is 10.9 Å². The van der Waals surface area contributed by atoms with E-state index in [9.17, 15) is 19.5 Å². The number of fused-ring (bicyclic) bond motifs is 1. The fraction of sp³-hybridized carbons (Fsp3) is 0.190. The Balaban J connectivity index is 1.58. The van der Waals surface area contributed by atoms with Crippen molar-refractivity contribution in [1.82, 2.24) is 10.3 Å². The largest absolute Gasteiger partial charge is 0.481 e. The Labute approximate surface area is 161 Å². The van der Waals surface area contributed by atoms with Crippen LogP contribution in [0.5, 0.6) is 0 Å². The molecule has 2 aromatic carbocycles. The third-order valence-electron chi connectivity index (χ3n) is 4.99. The van der Waals surface area contributed by atoms with E-state index in [1.54, 1.807) is 18.2 Å². The summed E-state index contributed by atoms with van der Waals surface area (Å²) in [4.78, 5) is 41.5. The van der Waals surface area contributed by atoms with Crippen LogP contribution in [0.1, 0.15) is 16.9 Å². The molecule has 0 bridgehead atoms. The number of carboxylic acids is 1. The number of hydrogen-bond acceptors (Lipinski definition) is 3. The van der Waals surface area contributed by atoms with Gasteiger partial charge in [-0.25, -0.2) is 0 Å². The van der Waals surface area contributed by atoms with E-state index in [4.69, 9.17) is 0 Å². The lowest BCUT2D eigenvalue weighted by molar-refractivity contribution is -0.138. The molecule has 7 heteroatoms. The molecule has 0 unspecified atom stereocenters. The second-order valence-electron chi connectivity index (χ2n) is 6.86. The predicted octanol–water partition coefficient (Wildman–Crippen LogP) is 2.40. The summed E-state index contributed by atoms with van der Waals surface area (Å²) in [6, 6.07) is 17.3. The summed E-state index contributed by atoms with van der Waals surface area (Å²) in [7, 11) is 0. The molecule has 0 saturated carbocycles. The summed E-state index contributed by atoms with van der Waals surface area (Å²) >= 11 is 0. The first kappa shape index (κ1) is 17.8. The molecule has 0 radical (unpaired) electrons. The molecule has 1 aliphatic rings. The molecule has 1 aliphatic heterocycles. The number of anilines is 1. The minimum Gasteiger partial charge on any atom is -0.481 e. The molecule has 2 heterocycles. The molecule has 7 nitrogen and oxygen atoms in total. The van der Waals surface area contributed by atoms with E-state index in [-0.39, 0.29) is 18.9 Å². The van der Waals surface area contributed by atoms with Crippen LogP contribution in [0.2, 0.25) is 0 Å². The van der Waals surface area contributed by atoms with Crippen LogP contribution < -0.4 is 10.2 Å². The number of hydrogen-bond donors (Lipinski definition) is 3. The van der Waals surface area contributed by atoms with E-state index in [1.807, 2.05) is 42.5 Å². The predicted molar refractivity (Wildman–Crippen MR) is 104 cm³/mol. The van der Waals surface area contributed by atoms with Crippen LogP contribution in [-0.2, 0) is 9.59 Å². The minimum absolute atomic E-state index is 0.202. The molecule has 2 atom stereocenters. The fourth-order valence-electron chi connectivity index (χ4n) is 3.64. The molecule has 0 spiro atoms. The molecule has 0 aliphatic carbocycles. The van der Waals surface area contributed by atoms with Crippen LogP contribution in [0.4, 0.5) is 5.69 Å². The van der Waals surface area contributed by atoms with E-state index >= 15 is 0 Å². The number of nitrogens with zero attached hydrogens (tertiary/aromatic N) is 1. The van der Waals surface area contributed by atoms with Gasteiger partial charge in [0.05, 0.1) is 6.42 Å². The minimum atomic E-state index is -1.00. The number of carbonyl (C=O) groups is 3. The number of nitrogens with one attached hydrogen (secondary N) is 2. The van der Waals surface area contributed by atoms with Gasteiger partial charge in [-0.15, -0.1) is 0 Å². The van der Waals surface area contributed by atoms with Gasteiger partial charge in [-0.05, 0) is 24.3 Å². The van der Waals surface area contributed by atoms with Gasteiger partial charge in [0, 0.05) is 29.1 Å². The van der Waals surface area contributed by atoms with E-state index in [2.05, 4.69) is 10.3 Å². The Morgan fingerprint density at radius 1 is 1.11 bits per heavy atom. The number of aromatic amines is 1. The Morgan fingerprint density at radius 2 is 1.82 bits per heavy atom. The standard InChI is InChI=1S/C21H19N3O4/c25-18(26)11-14-12-24(15-7-2-1-3-8-15)21(28)19(14)23-20(27)17-10-13-6-4-5-9-16(13)22-17/h1-10,14,19,22H,11-12H2,(H,23,27)(H,25,26)/t14-,19-/m1/s1. The zero-order chi connectivity index (χ0) is 19.7. The number of carboxylic acid groups (broad SMARTS) is 1. The first-order valence-corrected chi connectivity index (χ1v) is 9.00. The maximum Gasteiger partial charge on any atom is 0.303 e. The molecular formula is C21H19N3O4. The number of para-hydroxylation sites is 2. The summed E-state index contributed by atoms with van der Waals surface area (Å²) in [5, 5.41) is 12.9. The molecular weight excluding hydrogens is 358 g/mol. The average molecular weight is 377 g/mol. The molecule has 3 N–H and O–H groups in total. The third kappa shape index (κ3) is 3.34. The maximum absolute atomic E-state index is 12.9. The highest BCUT2D eigenvalue weighted by atomic mass is 16.4. The second-order valence-corrected chi connectivity index (χ2v) is 6.86. The van der Waals surface area contributed by atoms with Gasteiger partial charge in [-0.3, -0.25) is 14.4 Å². The SMILES string of the molecule is O=C(O)C[C@@H]1CN(c2ccccc2)C(=O)[C@@H]1NC(=O)c1cc2ccccc2[nH]1. The quantitative estimate of drug-likeness (QED) is 0.635. The Hall–Kier alpha value is -3.61. The van der Waals surface area contributed by atoms with Crippen molar-refractivity contribution in [2.45, 2.75) is 12.5 Å². The van der Waals surface area contributed by atoms with Crippen LogP contribution in [0.15, 0.2) is 60.7 Å². The van der Waals surface area contributed by atoms with Crippen LogP contribution >= 0.6 is 0 Å². The van der Waals surface area contributed by atoms with E-state index < -0.39 is 23.8 Å². The molecule has 142 valence electrons. The van der Waals surface area contributed by atoms with Crippen molar-refractivity contribution in [2.24, 2.45) is 5.92 Å². The lowest BCUT2D eigenvalue weighted by Gasteiger charge is -2.17. The zero-order valence-electron chi connectivity index (χ0n) is 15.0. The van der Waals surface area contributed by atoms with Crippen molar-refractivity contribution in [3.63, 3.8) is 0 Å².